The van der Waals surface area contributed by atoms with E-state index in [4.69, 9.17) is 9.26 Å². The Morgan fingerprint density at radius 2 is 2.25 bits per heavy atom. The molecule has 1 aromatic rings. The van der Waals surface area contributed by atoms with E-state index in [1.165, 1.54) is 0 Å². The fraction of sp³-hybridized carbons (Fsp3) is 0.800. The van der Waals surface area contributed by atoms with E-state index in [0.717, 1.165) is 26.2 Å². The minimum Gasteiger partial charge on any atom is -0.366 e. The Balaban J connectivity index is 2.05. The molecule has 0 radical (unpaired) electrons. The number of rotatable bonds is 4. The van der Waals surface area contributed by atoms with Crippen LogP contribution < -0.4 is 10.2 Å². The first-order valence-electron chi connectivity index (χ1n) is 5.76. The van der Waals surface area contributed by atoms with Gasteiger partial charge in [-0.3, -0.25) is 0 Å². The van der Waals surface area contributed by atoms with Crippen LogP contribution in [0, 0.1) is 0 Å². The molecule has 6 nitrogen and oxygen atoms in total. The Labute approximate surface area is 95.0 Å². The molecule has 1 atom stereocenters. The van der Waals surface area contributed by atoms with Gasteiger partial charge in [-0.2, -0.15) is 4.98 Å². The first kappa shape index (κ1) is 11.3. The lowest BCUT2D eigenvalue weighted by Crippen LogP contribution is -2.33. The summed E-state index contributed by atoms with van der Waals surface area (Å²) >= 11 is 0. The van der Waals surface area contributed by atoms with Gasteiger partial charge in [-0.1, -0.05) is 0 Å². The Morgan fingerprint density at radius 1 is 1.44 bits per heavy atom. The van der Waals surface area contributed by atoms with Gasteiger partial charge in [0.15, 0.2) is 0 Å². The highest BCUT2D eigenvalue weighted by Crippen LogP contribution is 2.19. The van der Waals surface area contributed by atoms with Crippen LogP contribution in [-0.2, 0) is 4.74 Å². The fourth-order valence-electron chi connectivity index (χ4n) is 1.72. The quantitative estimate of drug-likeness (QED) is 0.810. The maximum atomic E-state index is 5.55. The highest BCUT2D eigenvalue weighted by molar-refractivity contribution is 5.26. The van der Waals surface area contributed by atoms with Crippen LogP contribution in [0.2, 0.25) is 0 Å². The monoisotopic (exact) mass is 226 g/mol. The normalized spacial score (nSPS) is 21.0. The Kier molecular flexibility index (Phi) is 3.74. The second kappa shape index (κ2) is 5.27. The zero-order valence-electron chi connectivity index (χ0n) is 9.77. The van der Waals surface area contributed by atoms with E-state index in [1.807, 2.05) is 4.90 Å². The Hall–Kier alpha value is -1.14. The van der Waals surface area contributed by atoms with Gasteiger partial charge in [0.1, 0.15) is 6.10 Å². The van der Waals surface area contributed by atoms with Crippen molar-refractivity contribution in [2.75, 3.05) is 37.7 Å². The van der Waals surface area contributed by atoms with Crippen molar-refractivity contribution in [3.63, 3.8) is 0 Å². The standard InChI is InChI=1S/C10H18N4O2/c1-3-14(4-2)10-12-9(16-13-10)8-7-11-5-6-15-8/h8,11H,3-7H2,1-2H3. The molecule has 1 aliphatic rings. The summed E-state index contributed by atoms with van der Waals surface area (Å²) in [6.07, 6.45) is -0.106. The van der Waals surface area contributed by atoms with Crippen LogP contribution in [0.3, 0.4) is 0 Å². The first-order chi connectivity index (χ1) is 7.85. The number of hydrogen-bond donors (Lipinski definition) is 1. The SMILES string of the molecule is CCN(CC)c1noc(C2CNCCO2)n1. The van der Waals surface area contributed by atoms with Crippen LogP contribution in [0.4, 0.5) is 5.95 Å². The van der Waals surface area contributed by atoms with Crippen LogP contribution in [-0.4, -0.2) is 42.9 Å². The summed E-state index contributed by atoms with van der Waals surface area (Å²) in [5, 5.41) is 7.20. The van der Waals surface area contributed by atoms with E-state index in [1.54, 1.807) is 0 Å². The average molecular weight is 226 g/mol. The molecular weight excluding hydrogens is 208 g/mol. The second-order valence-corrected chi connectivity index (χ2v) is 3.67. The predicted molar refractivity (Wildman–Crippen MR) is 59.4 cm³/mol. The summed E-state index contributed by atoms with van der Waals surface area (Å²) < 4.78 is 10.8. The average Bonchev–Trinajstić information content (AvgIpc) is 2.81. The molecule has 0 aliphatic carbocycles. The molecule has 2 heterocycles. The second-order valence-electron chi connectivity index (χ2n) is 3.67. The molecule has 1 N–H and O–H groups in total. The minimum atomic E-state index is -0.106. The van der Waals surface area contributed by atoms with Crippen LogP contribution in [0.15, 0.2) is 4.52 Å². The van der Waals surface area contributed by atoms with Crippen LogP contribution in [0.25, 0.3) is 0 Å². The molecule has 90 valence electrons. The molecule has 0 aromatic carbocycles. The summed E-state index contributed by atoms with van der Waals surface area (Å²) in [6, 6.07) is 0. The number of nitrogens with zero attached hydrogens (tertiary/aromatic N) is 3. The van der Waals surface area contributed by atoms with E-state index in [2.05, 4.69) is 29.3 Å². The smallest absolute Gasteiger partial charge is 0.266 e. The molecule has 1 saturated heterocycles. The van der Waals surface area contributed by atoms with Gasteiger partial charge >= 0.3 is 0 Å². The van der Waals surface area contributed by atoms with E-state index in [9.17, 15) is 0 Å². The number of ether oxygens (including phenoxy) is 1. The number of anilines is 1. The Bertz CT molecular complexity index is 318. The van der Waals surface area contributed by atoms with Crippen molar-refractivity contribution >= 4 is 5.95 Å². The van der Waals surface area contributed by atoms with Gasteiger partial charge < -0.3 is 19.5 Å². The van der Waals surface area contributed by atoms with Crippen molar-refractivity contribution in [1.29, 1.82) is 0 Å². The third kappa shape index (κ3) is 2.33. The number of aromatic nitrogens is 2. The fourth-order valence-corrected chi connectivity index (χ4v) is 1.72. The van der Waals surface area contributed by atoms with Crippen molar-refractivity contribution in [2.24, 2.45) is 0 Å². The van der Waals surface area contributed by atoms with Gasteiger partial charge in [-0.15, -0.1) is 0 Å². The summed E-state index contributed by atoms with van der Waals surface area (Å²) in [5.41, 5.74) is 0. The Morgan fingerprint density at radius 3 is 2.88 bits per heavy atom. The lowest BCUT2D eigenvalue weighted by molar-refractivity contribution is 0.00755. The molecule has 6 heteroatoms. The summed E-state index contributed by atoms with van der Waals surface area (Å²) in [4.78, 5) is 6.40. The lowest BCUT2D eigenvalue weighted by atomic mass is 10.3. The highest BCUT2D eigenvalue weighted by atomic mass is 16.5. The molecule has 0 spiro atoms. The topological polar surface area (TPSA) is 63.4 Å². The summed E-state index contributed by atoms with van der Waals surface area (Å²) in [5.74, 6) is 1.21. The lowest BCUT2D eigenvalue weighted by Gasteiger charge is -2.20. The largest absolute Gasteiger partial charge is 0.366 e. The van der Waals surface area contributed by atoms with Crippen LogP contribution in [0.1, 0.15) is 25.8 Å². The van der Waals surface area contributed by atoms with Crippen LogP contribution >= 0.6 is 0 Å². The molecule has 1 unspecified atom stereocenters. The number of morpholine rings is 1. The van der Waals surface area contributed by atoms with E-state index >= 15 is 0 Å². The van der Waals surface area contributed by atoms with Crippen molar-refractivity contribution in [2.45, 2.75) is 20.0 Å². The minimum absolute atomic E-state index is 0.106. The summed E-state index contributed by atoms with van der Waals surface area (Å²) in [6.45, 7) is 8.19. The molecule has 1 aliphatic heterocycles. The van der Waals surface area contributed by atoms with Crippen molar-refractivity contribution < 1.29 is 9.26 Å². The maximum absolute atomic E-state index is 5.55. The molecular formula is C10H18N4O2. The van der Waals surface area contributed by atoms with Crippen molar-refractivity contribution in [3.05, 3.63) is 5.89 Å². The third-order valence-corrected chi connectivity index (χ3v) is 2.68. The molecule has 16 heavy (non-hydrogen) atoms. The molecule has 1 aromatic heterocycles. The number of hydrogen-bond acceptors (Lipinski definition) is 6. The number of nitrogens with one attached hydrogen (secondary N) is 1. The molecule has 0 bridgehead atoms. The van der Waals surface area contributed by atoms with E-state index in [-0.39, 0.29) is 6.10 Å². The zero-order chi connectivity index (χ0) is 11.4. The maximum Gasteiger partial charge on any atom is 0.266 e. The van der Waals surface area contributed by atoms with E-state index < -0.39 is 0 Å². The van der Waals surface area contributed by atoms with Gasteiger partial charge in [0.05, 0.1) is 6.61 Å². The van der Waals surface area contributed by atoms with Crippen molar-refractivity contribution in [3.8, 4) is 0 Å². The van der Waals surface area contributed by atoms with Crippen molar-refractivity contribution in [1.82, 2.24) is 15.5 Å². The van der Waals surface area contributed by atoms with E-state index in [0.29, 0.717) is 18.4 Å². The van der Waals surface area contributed by atoms with Gasteiger partial charge in [-0.05, 0) is 19.0 Å². The van der Waals surface area contributed by atoms with Gasteiger partial charge in [0, 0.05) is 26.2 Å². The van der Waals surface area contributed by atoms with Gasteiger partial charge in [0.25, 0.3) is 11.8 Å². The van der Waals surface area contributed by atoms with Gasteiger partial charge in [0.2, 0.25) is 0 Å². The molecule has 1 fully saturated rings. The highest BCUT2D eigenvalue weighted by Gasteiger charge is 2.23. The molecule has 0 amide bonds. The summed E-state index contributed by atoms with van der Waals surface area (Å²) in [7, 11) is 0. The molecule has 2 rings (SSSR count). The van der Waals surface area contributed by atoms with Gasteiger partial charge in [-0.25, -0.2) is 0 Å². The molecule has 0 saturated carbocycles. The van der Waals surface area contributed by atoms with Crippen LogP contribution in [0.5, 0.6) is 0 Å². The first-order valence-corrected chi connectivity index (χ1v) is 5.76. The third-order valence-electron chi connectivity index (χ3n) is 2.68. The predicted octanol–water partition coefficient (Wildman–Crippen LogP) is 0.577. The zero-order valence-corrected chi connectivity index (χ0v) is 9.77.